The van der Waals surface area contributed by atoms with E-state index in [0.717, 1.165) is 22.7 Å². The van der Waals surface area contributed by atoms with Crippen LogP contribution in [0, 0.1) is 0 Å². The first kappa shape index (κ1) is 14.7. The van der Waals surface area contributed by atoms with Gasteiger partial charge in [-0.25, -0.2) is 4.68 Å². The van der Waals surface area contributed by atoms with Gasteiger partial charge in [-0.2, -0.15) is 5.10 Å². The van der Waals surface area contributed by atoms with E-state index in [-0.39, 0.29) is 0 Å². The minimum atomic E-state index is 0.404. The minimum absolute atomic E-state index is 0.404. The Kier molecular flexibility index (Phi) is 4.41. The van der Waals surface area contributed by atoms with E-state index in [1.54, 1.807) is 11.8 Å². The normalized spacial score (nSPS) is 15.6. The van der Waals surface area contributed by atoms with Crippen molar-refractivity contribution in [2.45, 2.75) is 37.5 Å². The molecule has 0 radical (unpaired) electrons. The molecular weight excluding hydrogens is 307 g/mol. The molecule has 1 heterocycles. The van der Waals surface area contributed by atoms with E-state index in [4.69, 9.17) is 33.0 Å². The minimum Gasteiger partial charge on any atom is -0.497 e. The first-order chi connectivity index (χ1) is 10.2. The van der Waals surface area contributed by atoms with Crippen LogP contribution in [0.5, 0.6) is 5.75 Å². The number of hydrogen-bond donors (Lipinski definition) is 0. The van der Waals surface area contributed by atoms with E-state index in [0.29, 0.717) is 17.0 Å². The second-order valence-corrected chi connectivity index (χ2v) is 6.00. The Bertz CT molecular complexity index is 616. The van der Waals surface area contributed by atoms with Gasteiger partial charge in [-0.15, -0.1) is 11.6 Å². The van der Waals surface area contributed by atoms with Gasteiger partial charge in [-0.05, 0) is 37.1 Å². The van der Waals surface area contributed by atoms with Crippen molar-refractivity contribution in [1.29, 1.82) is 0 Å². The number of aromatic nitrogens is 2. The fraction of sp³-hybridized carbons (Fsp3) is 0.438. The first-order valence-electron chi connectivity index (χ1n) is 7.22. The number of methoxy groups -OCH3 is 1. The van der Waals surface area contributed by atoms with Crippen LogP contribution < -0.4 is 4.74 Å². The Morgan fingerprint density at radius 2 is 1.90 bits per heavy atom. The summed E-state index contributed by atoms with van der Waals surface area (Å²) in [6, 6.07) is 7.72. The van der Waals surface area contributed by atoms with Crippen LogP contribution in [0.3, 0.4) is 0 Å². The second-order valence-electron chi connectivity index (χ2n) is 5.38. The lowest BCUT2D eigenvalue weighted by atomic mass is 10.0. The van der Waals surface area contributed by atoms with Crippen molar-refractivity contribution in [3.8, 4) is 11.4 Å². The molecule has 0 amide bonds. The molecule has 0 atom stereocenters. The third-order valence-electron chi connectivity index (χ3n) is 4.14. The van der Waals surface area contributed by atoms with Gasteiger partial charge in [0.1, 0.15) is 10.9 Å². The van der Waals surface area contributed by atoms with Gasteiger partial charge in [0.05, 0.1) is 24.4 Å². The Hall–Kier alpha value is -1.19. The predicted octanol–water partition coefficient (Wildman–Crippen LogP) is 4.93. The molecule has 1 aliphatic carbocycles. The van der Waals surface area contributed by atoms with Crippen LogP contribution in [-0.4, -0.2) is 16.9 Å². The molecule has 2 aromatic rings. The molecule has 3 nitrogen and oxygen atoms in total. The molecule has 0 saturated heterocycles. The van der Waals surface area contributed by atoms with Crippen LogP contribution in [0.1, 0.15) is 42.9 Å². The number of ether oxygens (including phenoxy) is 1. The molecule has 5 heteroatoms. The van der Waals surface area contributed by atoms with Crippen molar-refractivity contribution in [2.75, 3.05) is 7.11 Å². The monoisotopic (exact) mass is 324 g/mol. The Morgan fingerprint density at radius 1 is 1.24 bits per heavy atom. The van der Waals surface area contributed by atoms with Crippen LogP contribution in [0.15, 0.2) is 24.3 Å². The van der Waals surface area contributed by atoms with Crippen molar-refractivity contribution in [2.24, 2.45) is 0 Å². The summed E-state index contributed by atoms with van der Waals surface area (Å²) in [6.45, 7) is 0. The zero-order chi connectivity index (χ0) is 14.8. The van der Waals surface area contributed by atoms with Crippen molar-refractivity contribution >= 4 is 23.2 Å². The van der Waals surface area contributed by atoms with Gasteiger partial charge >= 0.3 is 0 Å². The van der Waals surface area contributed by atoms with Gasteiger partial charge in [0.25, 0.3) is 0 Å². The van der Waals surface area contributed by atoms with Crippen LogP contribution >= 0.6 is 23.2 Å². The molecule has 3 rings (SSSR count). The number of nitrogens with zero attached hydrogens (tertiary/aromatic N) is 2. The standard InChI is InChI=1S/C16H18Cl2N2O/c1-21-13-8-6-12(7-9-13)20-16(18)14(10-17)15(19-20)11-4-2-3-5-11/h6-9,11H,2-5,10H2,1H3. The smallest absolute Gasteiger partial charge is 0.137 e. The number of alkyl halides is 1. The second kappa shape index (κ2) is 6.29. The van der Waals surface area contributed by atoms with Gasteiger partial charge in [0, 0.05) is 11.5 Å². The molecule has 1 saturated carbocycles. The summed E-state index contributed by atoms with van der Waals surface area (Å²) in [5, 5.41) is 5.37. The average Bonchev–Trinajstić information content (AvgIpc) is 3.15. The SMILES string of the molecule is COc1ccc(-n2nc(C3CCCC3)c(CCl)c2Cl)cc1. The lowest BCUT2D eigenvalue weighted by Crippen LogP contribution is -2.00. The molecule has 0 bridgehead atoms. The first-order valence-corrected chi connectivity index (χ1v) is 8.13. The molecule has 21 heavy (non-hydrogen) atoms. The number of benzene rings is 1. The molecule has 1 aliphatic rings. The van der Waals surface area contributed by atoms with E-state index in [1.165, 1.54) is 25.7 Å². The summed E-state index contributed by atoms with van der Waals surface area (Å²) < 4.78 is 6.97. The fourth-order valence-electron chi connectivity index (χ4n) is 2.99. The highest BCUT2D eigenvalue weighted by Crippen LogP contribution is 2.38. The van der Waals surface area contributed by atoms with Gasteiger partial charge in [0.15, 0.2) is 0 Å². The predicted molar refractivity (Wildman–Crippen MR) is 85.9 cm³/mol. The topological polar surface area (TPSA) is 27.1 Å². The quantitative estimate of drug-likeness (QED) is 0.745. The molecular formula is C16H18Cl2N2O. The Balaban J connectivity index is 2.01. The molecule has 1 aromatic carbocycles. The van der Waals surface area contributed by atoms with Crippen molar-refractivity contribution < 1.29 is 4.74 Å². The summed E-state index contributed by atoms with van der Waals surface area (Å²) >= 11 is 12.6. The van der Waals surface area contributed by atoms with E-state index in [1.807, 2.05) is 24.3 Å². The maximum atomic E-state index is 6.50. The third kappa shape index (κ3) is 2.77. The van der Waals surface area contributed by atoms with Gasteiger partial charge < -0.3 is 4.74 Å². The molecule has 0 spiro atoms. The van der Waals surface area contributed by atoms with E-state index >= 15 is 0 Å². The molecule has 112 valence electrons. The van der Waals surface area contributed by atoms with Gasteiger partial charge in [0.2, 0.25) is 0 Å². The van der Waals surface area contributed by atoms with Crippen LogP contribution in [-0.2, 0) is 5.88 Å². The maximum absolute atomic E-state index is 6.50. The molecule has 0 aliphatic heterocycles. The highest BCUT2D eigenvalue weighted by Gasteiger charge is 2.26. The fourth-order valence-corrected chi connectivity index (χ4v) is 3.62. The van der Waals surface area contributed by atoms with E-state index in [2.05, 4.69) is 0 Å². The number of rotatable bonds is 4. The van der Waals surface area contributed by atoms with Gasteiger partial charge in [-0.3, -0.25) is 0 Å². The van der Waals surface area contributed by atoms with Crippen LogP contribution in [0.25, 0.3) is 5.69 Å². The third-order valence-corrected chi connectivity index (χ3v) is 4.80. The molecule has 1 aromatic heterocycles. The van der Waals surface area contributed by atoms with Crippen molar-refractivity contribution in [1.82, 2.24) is 9.78 Å². The van der Waals surface area contributed by atoms with Crippen molar-refractivity contribution in [3.63, 3.8) is 0 Å². The highest BCUT2D eigenvalue weighted by atomic mass is 35.5. The zero-order valence-electron chi connectivity index (χ0n) is 12.0. The summed E-state index contributed by atoms with van der Waals surface area (Å²) in [7, 11) is 1.65. The van der Waals surface area contributed by atoms with E-state index < -0.39 is 0 Å². The average molecular weight is 325 g/mol. The van der Waals surface area contributed by atoms with Crippen molar-refractivity contribution in [3.05, 3.63) is 40.7 Å². The molecule has 1 fully saturated rings. The van der Waals surface area contributed by atoms with Crippen LogP contribution in [0.4, 0.5) is 0 Å². The summed E-state index contributed by atoms with van der Waals surface area (Å²) in [5.41, 5.74) is 2.97. The lowest BCUT2D eigenvalue weighted by molar-refractivity contribution is 0.414. The van der Waals surface area contributed by atoms with Gasteiger partial charge in [-0.1, -0.05) is 24.4 Å². The summed E-state index contributed by atoms with van der Waals surface area (Å²) in [4.78, 5) is 0. The maximum Gasteiger partial charge on any atom is 0.137 e. The number of halogens is 2. The zero-order valence-corrected chi connectivity index (χ0v) is 13.5. The Morgan fingerprint density at radius 3 is 2.48 bits per heavy atom. The summed E-state index contributed by atoms with van der Waals surface area (Å²) in [6.07, 6.45) is 4.89. The highest BCUT2D eigenvalue weighted by molar-refractivity contribution is 6.31. The summed E-state index contributed by atoms with van der Waals surface area (Å²) in [5.74, 6) is 1.72. The molecule has 0 N–H and O–H groups in total. The van der Waals surface area contributed by atoms with Crippen LogP contribution in [0.2, 0.25) is 5.15 Å². The molecule has 0 unspecified atom stereocenters. The van der Waals surface area contributed by atoms with E-state index in [9.17, 15) is 0 Å². The lowest BCUT2D eigenvalue weighted by Gasteiger charge is -2.06. The largest absolute Gasteiger partial charge is 0.497 e. The number of hydrogen-bond acceptors (Lipinski definition) is 2. The Labute approximate surface area is 134 Å².